The molecular weight excluding hydrogens is 263 g/mol. The third-order valence-corrected chi connectivity index (χ3v) is 2.85. The second kappa shape index (κ2) is 6.55. The number of imidazole rings is 1. The van der Waals surface area contributed by atoms with Gasteiger partial charge in [-0.05, 0) is 25.2 Å². The zero-order chi connectivity index (χ0) is 14.5. The maximum atomic E-state index is 10.6. The molecule has 1 heterocycles. The average Bonchev–Trinajstić information content (AvgIpc) is 2.90. The van der Waals surface area contributed by atoms with Gasteiger partial charge in [0.1, 0.15) is 0 Å². The molecule has 19 heavy (non-hydrogen) atoms. The molecule has 2 rings (SSSR count). The van der Waals surface area contributed by atoms with E-state index in [-0.39, 0.29) is 0 Å². The number of hydrogen-bond acceptors (Lipinski definition) is 3. The van der Waals surface area contributed by atoms with Crippen molar-refractivity contribution in [2.45, 2.75) is 38.0 Å². The van der Waals surface area contributed by atoms with Gasteiger partial charge in [0.05, 0.1) is 6.33 Å². The molecule has 108 valence electrons. The summed E-state index contributed by atoms with van der Waals surface area (Å²) in [6.07, 6.45) is 4.29. The molecule has 1 aliphatic rings. The van der Waals surface area contributed by atoms with Crippen molar-refractivity contribution in [3.05, 3.63) is 18.7 Å². The predicted octanol–water partition coefficient (Wildman–Crippen LogP) is 1.64. The fourth-order valence-electron chi connectivity index (χ4n) is 1.97. The molecule has 0 bridgehead atoms. The molecule has 0 aliphatic heterocycles. The molecule has 1 aromatic rings. The Balaban J connectivity index is 0.000000224. The first-order valence-corrected chi connectivity index (χ1v) is 5.80. The topological polar surface area (TPSA) is 81.1 Å². The summed E-state index contributed by atoms with van der Waals surface area (Å²) in [5, 5.41) is 7.12. The van der Waals surface area contributed by atoms with E-state index in [1.165, 1.54) is 19.3 Å². The molecule has 0 radical (unpaired) electrons. The van der Waals surface area contributed by atoms with Crippen LogP contribution in [0.3, 0.4) is 0 Å². The van der Waals surface area contributed by atoms with Crippen molar-refractivity contribution < 1.29 is 23.1 Å². The molecule has 5 nitrogen and oxygen atoms in total. The minimum atomic E-state index is -5.08. The number of carbonyl (C=O) groups is 1. The van der Waals surface area contributed by atoms with Crippen molar-refractivity contribution in [2.24, 2.45) is 11.7 Å². The van der Waals surface area contributed by atoms with Crippen LogP contribution in [0, 0.1) is 5.92 Å². The van der Waals surface area contributed by atoms with E-state index in [1.54, 1.807) is 0 Å². The van der Waals surface area contributed by atoms with Gasteiger partial charge in [-0.3, -0.25) is 0 Å². The predicted molar refractivity (Wildman–Crippen MR) is 61.2 cm³/mol. The first-order chi connectivity index (χ1) is 8.79. The minimum Gasteiger partial charge on any atom is -0.475 e. The molecular formula is C11H16F3N3O2. The fraction of sp³-hybridized carbons (Fsp3) is 0.636. The average molecular weight is 279 g/mol. The van der Waals surface area contributed by atoms with Crippen LogP contribution >= 0.6 is 0 Å². The summed E-state index contributed by atoms with van der Waals surface area (Å²) < 4.78 is 33.9. The Bertz CT molecular complexity index is 392. The lowest BCUT2D eigenvalue weighted by atomic mass is 10.1. The molecule has 3 N–H and O–H groups in total. The smallest absolute Gasteiger partial charge is 0.475 e. The lowest BCUT2D eigenvalue weighted by molar-refractivity contribution is -0.192. The van der Waals surface area contributed by atoms with Crippen molar-refractivity contribution in [1.82, 2.24) is 9.55 Å². The highest BCUT2D eigenvalue weighted by Crippen LogP contribution is 2.25. The molecule has 1 aromatic heterocycles. The van der Waals surface area contributed by atoms with E-state index in [4.69, 9.17) is 15.6 Å². The number of alkyl halides is 3. The summed E-state index contributed by atoms with van der Waals surface area (Å²) in [5.41, 5.74) is 5.83. The van der Waals surface area contributed by atoms with E-state index < -0.39 is 12.1 Å². The molecule has 0 amide bonds. The summed E-state index contributed by atoms with van der Waals surface area (Å²) in [6, 6.07) is 0.443. The van der Waals surface area contributed by atoms with E-state index in [9.17, 15) is 13.2 Å². The number of hydrogen-bond donors (Lipinski definition) is 2. The van der Waals surface area contributed by atoms with Crippen molar-refractivity contribution in [3.63, 3.8) is 0 Å². The Labute approximate surface area is 108 Å². The van der Waals surface area contributed by atoms with Gasteiger partial charge in [-0.2, -0.15) is 13.2 Å². The third-order valence-electron chi connectivity index (χ3n) is 2.85. The molecule has 0 spiro atoms. The Kier molecular flexibility index (Phi) is 5.34. The highest BCUT2D eigenvalue weighted by atomic mass is 19.4. The summed E-state index contributed by atoms with van der Waals surface area (Å²) in [4.78, 5) is 12.9. The number of carboxylic acid groups (broad SMARTS) is 1. The van der Waals surface area contributed by atoms with E-state index in [1.807, 2.05) is 18.7 Å². The summed E-state index contributed by atoms with van der Waals surface area (Å²) in [6.45, 7) is 1.09. The van der Waals surface area contributed by atoms with Crippen molar-refractivity contribution in [1.29, 1.82) is 0 Å². The van der Waals surface area contributed by atoms with Crippen LogP contribution in [0.25, 0.3) is 0 Å². The largest absolute Gasteiger partial charge is 0.490 e. The monoisotopic (exact) mass is 279 g/mol. The molecule has 1 fully saturated rings. The zero-order valence-corrected chi connectivity index (χ0v) is 10.2. The number of aliphatic carboxylic acids is 1. The van der Waals surface area contributed by atoms with Crippen LogP contribution in [0.15, 0.2) is 18.7 Å². The number of aromatic nitrogens is 2. The van der Waals surface area contributed by atoms with Gasteiger partial charge in [-0.1, -0.05) is 0 Å². The van der Waals surface area contributed by atoms with Crippen molar-refractivity contribution in [3.8, 4) is 0 Å². The first kappa shape index (κ1) is 15.5. The second-order valence-corrected chi connectivity index (χ2v) is 4.50. The van der Waals surface area contributed by atoms with Crippen LogP contribution in [0.4, 0.5) is 13.2 Å². The molecule has 8 heteroatoms. The van der Waals surface area contributed by atoms with Gasteiger partial charge >= 0.3 is 12.1 Å². The van der Waals surface area contributed by atoms with Crippen LogP contribution in [-0.2, 0) is 11.3 Å². The van der Waals surface area contributed by atoms with E-state index in [2.05, 4.69) is 9.55 Å². The molecule has 2 atom stereocenters. The second-order valence-electron chi connectivity index (χ2n) is 4.50. The lowest BCUT2D eigenvalue weighted by Crippen LogP contribution is -2.21. The summed E-state index contributed by atoms with van der Waals surface area (Å²) >= 11 is 0. The van der Waals surface area contributed by atoms with Gasteiger partial charge in [0, 0.05) is 25.0 Å². The molecule has 0 unspecified atom stereocenters. The normalized spacial score (nSPS) is 22.7. The van der Waals surface area contributed by atoms with Crippen molar-refractivity contribution in [2.75, 3.05) is 0 Å². The number of carboxylic acids is 1. The van der Waals surface area contributed by atoms with Crippen LogP contribution in [0.1, 0.15) is 19.3 Å². The molecule has 1 saturated carbocycles. The Hall–Kier alpha value is -1.57. The van der Waals surface area contributed by atoms with Gasteiger partial charge in [-0.15, -0.1) is 0 Å². The van der Waals surface area contributed by atoms with Crippen LogP contribution in [-0.4, -0.2) is 32.8 Å². The van der Waals surface area contributed by atoms with Crippen LogP contribution < -0.4 is 5.73 Å². The fourth-order valence-corrected chi connectivity index (χ4v) is 1.97. The van der Waals surface area contributed by atoms with Crippen LogP contribution in [0.2, 0.25) is 0 Å². The maximum absolute atomic E-state index is 10.6. The third kappa shape index (κ3) is 5.73. The van der Waals surface area contributed by atoms with E-state index >= 15 is 0 Å². The Morgan fingerprint density at radius 3 is 2.47 bits per heavy atom. The Morgan fingerprint density at radius 1 is 1.47 bits per heavy atom. The number of halogens is 3. The zero-order valence-electron chi connectivity index (χ0n) is 10.2. The lowest BCUT2D eigenvalue weighted by Gasteiger charge is -2.09. The SMILES string of the molecule is N[C@@H]1CC[C@H](Cn2ccnc2)C1.O=C(O)C(F)(F)F. The van der Waals surface area contributed by atoms with Crippen LogP contribution in [0.5, 0.6) is 0 Å². The standard InChI is InChI=1S/C9H15N3.C2HF3O2/c10-9-2-1-8(5-9)6-12-4-3-11-7-12;3-2(4,5)1(6)7/h3-4,7-9H,1-2,5-6,10H2;(H,6,7)/t8-,9+;/m0./s1. The van der Waals surface area contributed by atoms with Gasteiger partial charge in [0.25, 0.3) is 0 Å². The van der Waals surface area contributed by atoms with E-state index in [0.717, 1.165) is 12.5 Å². The summed E-state index contributed by atoms with van der Waals surface area (Å²) in [5.74, 6) is -1.98. The van der Waals surface area contributed by atoms with E-state index in [0.29, 0.717) is 6.04 Å². The number of rotatable bonds is 2. The minimum absolute atomic E-state index is 0.443. The highest BCUT2D eigenvalue weighted by Gasteiger charge is 2.38. The highest BCUT2D eigenvalue weighted by molar-refractivity contribution is 5.73. The van der Waals surface area contributed by atoms with Gasteiger partial charge in [0.2, 0.25) is 0 Å². The Morgan fingerprint density at radius 2 is 2.11 bits per heavy atom. The quantitative estimate of drug-likeness (QED) is 0.862. The number of nitrogens with two attached hydrogens (primary N) is 1. The molecule has 0 aromatic carbocycles. The maximum Gasteiger partial charge on any atom is 0.490 e. The first-order valence-electron chi connectivity index (χ1n) is 5.80. The van der Waals surface area contributed by atoms with Gasteiger partial charge < -0.3 is 15.4 Å². The van der Waals surface area contributed by atoms with Gasteiger partial charge in [0.15, 0.2) is 0 Å². The number of nitrogens with zero attached hydrogens (tertiary/aromatic N) is 2. The molecule has 1 aliphatic carbocycles. The molecule has 0 saturated heterocycles. The van der Waals surface area contributed by atoms with Crippen molar-refractivity contribution >= 4 is 5.97 Å². The summed E-state index contributed by atoms with van der Waals surface area (Å²) in [7, 11) is 0. The van der Waals surface area contributed by atoms with Gasteiger partial charge in [-0.25, -0.2) is 9.78 Å².